The van der Waals surface area contributed by atoms with Crippen molar-refractivity contribution in [3.05, 3.63) is 46.2 Å². The van der Waals surface area contributed by atoms with Gasteiger partial charge >= 0.3 is 0 Å². The standard InChI is InChI=1S/C12H15BrFN3.HI/c1-8(2)6-16-12(15)17-7-9-5-10(13)3-4-11(9)14;/h3-5H,1,6-7H2,2H3,(H3,15,16,17);1H. The number of nitrogens with two attached hydrogens (primary N) is 1. The van der Waals surface area contributed by atoms with Crippen LogP contribution in [0.15, 0.2) is 39.8 Å². The van der Waals surface area contributed by atoms with E-state index < -0.39 is 0 Å². The number of benzene rings is 1. The van der Waals surface area contributed by atoms with Crippen LogP contribution in [0.3, 0.4) is 0 Å². The Balaban J connectivity index is 0.00000289. The molecule has 1 aromatic carbocycles. The Bertz CT molecular complexity index is 449. The number of rotatable bonds is 4. The summed E-state index contributed by atoms with van der Waals surface area (Å²) >= 11 is 3.28. The summed E-state index contributed by atoms with van der Waals surface area (Å²) in [5.74, 6) is -0.00275. The summed E-state index contributed by atoms with van der Waals surface area (Å²) < 4.78 is 14.2. The van der Waals surface area contributed by atoms with E-state index in [1.807, 2.05) is 6.92 Å². The maximum atomic E-state index is 13.4. The molecule has 6 heteroatoms. The predicted molar refractivity (Wildman–Crippen MR) is 87.7 cm³/mol. The molecular formula is C12H16BrFIN3. The van der Waals surface area contributed by atoms with E-state index >= 15 is 0 Å². The van der Waals surface area contributed by atoms with Crippen LogP contribution in [0, 0.1) is 5.82 Å². The molecule has 0 saturated carbocycles. The van der Waals surface area contributed by atoms with Gasteiger partial charge < -0.3 is 11.1 Å². The Morgan fingerprint density at radius 2 is 2.22 bits per heavy atom. The van der Waals surface area contributed by atoms with Crippen molar-refractivity contribution in [3.63, 3.8) is 0 Å². The van der Waals surface area contributed by atoms with E-state index in [0.29, 0.717) is 12.1 Å². The molecule has 1 rings (SSSR count). The molecular weight excluding hydrogens is 412 g/mol. The Labute approximate surface area is 132 Å². The lowest BCUT2D eigenvalue weighted by molar-refractivity contribution is 0.610. The van der Waals surface area contributed by atoms with Crippen molar-refractivity contribution >= 4 is 45.9 Å². The molecule has 0 bridgehead atoms. The summed E-state index contributed by atoms with van der Waals surface area (Å²) in [5, 5.41) is 2.88. The van der Waals surface area contributed by atoms with Crippen LogP contribution in [0.25, 0.3) is 0 Å². The minimum Gasteiger partial charge on any atom is -0.370 e. The van der Waals surface area contributed by atoms with Gasteiger partial charge in [-0.15, -0.1) is 24.0 Å². The average Bonchev–Trinajstić information content (AvgIpc) is 2.27. The molecule has 1 aromatic rings. The van der Waals surface area contributed by atoms with E-state index in [1.54, 1.807) is 12.1 Å². The quantitative estimate of drug-likeness (QED) is 0.335. The third-order valence-electron chi connectivity index (χ3n) is 2.00. The topological polar surface area (TPSA) is 50.4 Å². The lowest BCUT2D eigenvalue weighted by Gasteiger charge is -2.05. The van der Waals surface area contributed by atoms with Gasteiger partial charge in [0.2, 0.25) is 0 Å². The second-order valence-electron chi connectivity index (χ2n) is 3.75. The fraction of sp³-hybridized carbons (Fsp3) is 0.250. The molecule has 0 aliphatic heterocycles. The van der Waals surface area contributed by atoms with E-state index in [9.17, 15) is 4.39 Å². The van der Waals surface area contributed by atoms with E-state index in [0.717, 1.165) is 10.0 Å². The third-order valence-corrected chi connectivity index (χ3v) is 2.49. The molecule has 0 aliphatic rings. The second-order valence-corrected chi connectivity index (χ2v) is 4.66. The summed E-state index contributed by atoms with van der Waals surface area (Å²) in [7, 11) is 0. The highest BCUT2D eigenvalue weighted by Gasteiger charge is 2.02. The van der Waals surface area contributed by atoms with Gasteiger partial charge in [0.05, 0.1) is 6.54 Å². The van der Waals surface area contributed by atoms with Gasteiger partial charge in [0.25, 0.3) is 0 Å². The Morgan fingerprint density at radius 1 is 1.56 bits per heavy atom. The molecule has 0 spiro atoms. The van der Waals surface area contributed by atoms with E-state index in [-0.39, 0.29) is 42.3 Å². The molecule has 100 valence electrons. The van der Waals surface area contributed by atoms with E-state index in [1.165, 1.54) is 6.07 Å². The maximum Gasteiger partial charge on any atom is 0.189 e. The van der Waals surface area contributed by atoms with Crippen LogP contribution in [0.5, 0.6) is 0 Å². The minimum absolute atomic E-state index is 0. The summed E-state index contributed by atoms with van der Waals surface area (Å²) in [5.41, 5.74) is 7.08. The molecule has 3 N–H and O–H groups in total. The number of guanidine groups is 1. The highest BCUT2D eigenvalue weighted by molar-refractivity contribution is 14.0. The first-order chi connectivity index (χ1) is 7.99. The first kappa shape index (κ1) is 17.4. The van der Waals surface area contributed by atoms with Crippen molar-refractivity contribution in [3.8, 4) is 0 Å². The number of hydrogen-bond donors (Lipinski definition) is 2. The van der Waals surface area contributed by atoms with Gasteiger partial charge in [0.1, 0.15) is 5.82 Å². The number of hydrogen-bond acceptors (Lipinski definition) is 1. The third kappa shape index (κ3) is 6.34. The van der Waals surface area contributed by atoms with E-state index in [4.69, 9.17) is 5.73 Å². The zero-order valence-corrected chi connectivity index (χ0v) is 14.0. The number of aliphatic imine (C=N–C) groups is 1. The summed E-state index contributed by atoms with van der Waals surface area (Å²) in [6, 6.07) is 4.72. The Hall–Kier alpha value is -0.630. The predicted octanol–water partition coefficient (Wildman–Crippen LogP) is 3.19. The molecule has 0 unspecified atom stereocenters. The average molecular weight is 428 g/mol. The van der Waals surface area contributed by atoms with Crippen molar-refractivity contribution in [1.29, 1.82) is 0 Å². The maximum absolute atomic E-state index is 13.4. The molecule has 0 fully saturated rings. The summed E-state index contributed by atoms with van der Waals surface area (Å²) in [4.78, 5) is 4.05. The molecule has 0 atom stereocenters. The second kappa shape index (κ2) is 8.47. The molecule has 0 saturated heterocycles. The van der Waals surface area contributed by atoms with Gasteiger partial charge in [0.15, 0.2) is 5.96 Å². The van der Waals surface area contributed by atoms with Crippen molar-refractivity contribution < 1.29 is 4.39 Å². The highest BCUT2D eigenvalue weighted by atomic mass is 127. The molecule has 0 aliphatic carbocycles. The van der Waals surface area contributed by atoms with Crippen LogP contribution >= 0.6 is 39.9 Å². The zero-order chi connectivity index (χ0) is 12.8. The molecule has 0 amide bonds. The van der Waals surface area contributed by atoms with Crippen molar-refractivity contribution in [2.75, 3.05) is 6.54 Å². The lowest BCUT2D eigenvalue weighted by Crippen LogP contribution is -2.32. The van der Waals surface area contributed by atoms with Crippen LogP contribution in [0.1, 0.15) is 12.5 Å². The van der Waals surface area contributed by atoms with Gasteiger partial charge in [-0.2, -0.15) is 0 Å². The Kier molecular flexibility index (Phi) is 8.17. The fourth-order valence-electron chi connectivity index (χ4n) is 1.13. The largest absolute Gasteiger partial charge is 0.370 e. The van der Waals surface area contributed by atoms with Crippen LogP contribution in [-0.2, 0) is 6.54 Å². The van der Waals surface area contributed by atoms with Crippen molar-refractivity contribution in [2.45, 2.75) is 13.5 Å². The first-order valence-electron chi connectivity index (χ1n) is 5.11. The smallest absolute Gasteiger partial charge is 0.189 e. The molecule has 0 radical (unpaired) electrons. The van der Waals surface area contributed by atoms with E-state index in [2.05, 4.69) is 32.8 Å². The monoisotopic (exact) mass is 427 g/mol. The number of halogens is 3. The normalized spacial score (nSPS) is 10.7. The summed E-state index contributed by atoms with van der Waals surface area (Å²) in [6.07, 6.45) is 0. The molecule has 0 aromatic heterocycles. The zero-order valence-electron chi connectivity index (χ0n) is 10.0. The van der Waals surface area contributed by atoms with Crippen molar-refractivity contribution in [1.82, 2.24) is 5.32 Å². The van der Waals surface area contributed by atoms with Gasteiger partial charge in [-0.05, 0) is 25.1 Å². The Morgan fingerprint density at radius 3 is 2.83 bits per heavy atom. The number of nitrogens with one attached hydrogen (secondary N) is 1. The van der Waals surface area contributed by atoms with Gasteiger partial charge in [-0.1, -0.05) is 28.1 Å². The van der Waals surface area contributed by atoms with Gasteiger partial charge in [-0.3, -0.25) is 0 Å². The first-order valence-corrected chi connectivity index (χ1v) is 5.90. The van der Waals surface area contributed by atoms with Crippen LogP contribution in [0.2, 0.25) is 0 Å². The molecule has 0 heterocycles. The fourth-order valence-corrected chi connectivity index (χ4v) is 1.54. The number of nitrogens with zero attached hydrogens (tertiary/aromatic N) is 1. The highest BCUT2D eigenvalue weighted by Crippen LogP contribution is 2.16. The van der Waals surface area contributed by atoms with Crippen molar-refractivity contribution in [2.24, 2.45) is 10.7 Å². The minimum atomic E-state index is -0.287. The van der Waals surface area contributed by atoms with Gasteiger partial charge in [-0.25, -0.2) is 9.38 Å². The molecule has 3 nitrogen and oxygen atoms in total. The van der Waals surface area contributed by atoms with Crippen LogP contribution < -0.4 is 11.1 Å². The van der Waals surface area contributed by atoms with Crippen LogP contribution in [0.4, 0.5) is 4.39 Å². The lowest BCUT2D eigenvalue weighted by atomic mass is 10.2. The summed E-state index contributed by atoms with van der Waals surface area (Å²) in [6.45, 7) is 6.39. The SMILES string of the molecule is C=C(C)CNC(N)=NCc1cc(Br)ccc1F.I. The van der Waals surface area contributed by atoms with Crippen LogP contribution in [-0.4, -0.2) is 12.5 Å². The van der Waals surface area contributed by atoms with Gasteiger partial charge in [0, 0.05) is 16.6 Å². The molecule has 18 heavy (non-hydrogen) atoms.